The average molecular weight is 617 g/mol. The van der Waals surface area contributed by atoms with Crippen molar-refractivity contribution in [2.24, 2.45) is 0 Å². The van der Waals surface area contributed by atoms with E-state index in [1.165, 1.54) is 29.2 Å². The van der Waals surface area contributed by atoms with Gasteiger partial charge in [-0.2, -0.15) is 26.3 Å². The van der Waals surface area contributed by atoms with E-state index in [-0.39, 0.29) is 55.4 Å². The molecule has 43 heavy (non-hydrogen) atoms. The molecule has 0 aromatic carbocycles. The summed E-state index contributed by atoms with van der Waals surface area (Å²) >= 11 is 0. The lowest BCUT2D eigenvalue weighted by Crippen LogP contribution is -2.24. The first-order valence-electron chi connectivity index (χ1n) is 12.5. The zero-order chi connectivity index (χ0) is 31.2. The van der Waals surface area contributed by atoms with Gasteiger partial charge in [0.1, 0.15) is 17.6 Å². The number of nitrogens with one attached hydrogen (secondary N) is 2. The third-order valence-electron chi connectivity index (χ3n) is 5.81. The second-order valence-electron chi connectivity index (χ2n) is 9.13. The summed E-state index contributed by atoms with van der Waals surface area (Å²) in [6.45, 7) is -0.717. The number of amides is 1. The predicted molar refractivity (Wildman–Crippen MR) is 131 cm³/mol. The van der Waals surface area contributed by atoms with Crippen molar-refractivity contribution in [1.82, 2.24) is 50.6 Å². The summed E-state index contributed by atoms with van der Waals surface area (Å²) in [6.07, 6.45) is -8.58. The van der Waals surface area contributed by atoms with Crippen LogP contribution in [0.3, 0.4) is 0 Å². The second kappa shape index (κ2) is 13.2. The fourth-order valence-electron chi connectivity index (χ4n) is 3.66. The highest BCUT2D eigenvalue weighted by molar-refractivity contribution is 5.91. The van der Waals surface area contributed by atoms with E-state index in [1.807, 2.05) is 0 Å². The van der Waals surface area contributed by atoms with Gasteiger partial charge in [-0.05, 0) is 24.3 Å². The van der Waals surface area contributed by atoms with Gasteiger partial charge in [0.2, 0.25) is 0 Å². The van der Waals surface area contributed by atoms with Crippen LogP contribution in [-0.2, 0) is 38.5 Å². The first-order valence-corrected chi connectivity index (χ1v) is 12.5. The van der Waals surface area contributed by atoms with Crippen LogP contribution >= 0.6 is 0 Å². The van der Waals surface area contributed by atoms with E-state index in [4.69, 9.17) is 0 Å². The number of aliphatic hydroxyl groups is 1. The summed E-state index contributed by atoms with van der Waals surface area (Å²) in [7, 11) is 0. The second-order valence-corrected chi connectivity index (χ2v) is 9.13. The fourth-order valence-corrected chi connectivity index (χ4v) is 3.66. The number of pyridine rings is 2. The molecule has 4 rings (SSSR count). The maximum absolute atomic E-state index is 14.6. The van der Waals surface area contributed by atoms with Gasteiger partial charge in [0, 0.05) is 25.7 Å². The van der Waals surface area contributed by atoms with Gasteiger partial charge >= 0.3 is 12.4 Å². The number of hydrogen-bond donors (Lipinski definition) is 3. The number of alkyl halides is 7. The zero-order valence-electron chi connectivity index (χ0n) is 21.9. The van der Waals surface area contributed by atoms with Gasteiger partial charge in [-0.3, -0.25) is 19.8 Å². The van der Waals surface area contributed by atoms with Gasteiger partial charge in [-0.1, -0.05) is 16.5 Å². The molecule has 0 saturated carbocycles. The summed E-state index contributed by atoms with van der Waals surface area (Å²) in [4.78, 5) is 19.6. The molecule has 4 heterocycles. The molecule has 0 bridgehead atoms. The van der Waals surface area contributed by atoms with E-state index < -0.39 is 41.9 Å². The van der Waals surface area contributed by atoms with Crippen molar-refractivity contribution in [1.29, 1.82) is 0 Å². The molecule has 3 N–H and O–H groups in total. The molecular weight excluding hydrogens is 593 g/mol. The Morgan fingerprint density at radius 3 is 2.47 bits per heavy atom. The first kappa shape index (κ1) is 31.4. The van der Waals surface area contributed by atoms with Crippen molar-refractivity contribution in [3.05, 3.63) is 83.0 Å². The molecule has 1 amide bonds. The van der Waals surface area contributed by atoms with Gasteiger partial charge in [0.05, 0.1) is 42.4 Å². The van der Waals surface area contributed by atoms with Crippen LogP contribution in [0.15, 0.2) is 48.9 Å². The van der Waals surface area contributed by atoms with E-state index in [0.717, 1.165) is 29.1 Å². The fraction of sp³-hybridized carbons (Fsp3) is 0.375. The van der Waals surface area contributed by atoms with E-state index in [1.54, 1.807) is 0 Å². The van der Waals surface area contributed by atoms with Gasteiger partial charge in [-0.15, -0.1) is 10.2 Å². The van der Waals surface area contributed by atoms with Crippen LogP contribution in [0.25, 0.3) is 0 Å². The Labute approximate surface area is 237 Å². The maximum Gasteiger partial charge on any atom is 0.433 e. The molecule has 0 aliphatic rings. The van der Waals surface area contributed by atoms with Crippen molar-refractivity contribution in [2.45, 2.75) is 57.4 Å². The van der Waals surface area contributed by atoms with Gasteiger partial charge in [0.25, 0.3) is 5.91 Å². The Morgan fingerprint density at radius 2 is 1.72 bits per heavy atom. The van der Waals surface area contributed by atoms with Crippen LogP contribution in [0.4, 0.5) is 30.7 Å². The molecular formula is C24H23F7N10O2. The predicted octanol–water partition coefficient (Wildman–Crippen LogP) is 2.84. The standard InChI is InChI=1S/C24H23F7N10O2/c25-15(11-41-13-19(37-39-41)22(43)34-10-17-8-14(4-6-32-17)23(26,27)28)5-7-40-12-18(36-38-40)21(42)33-9-16-2-1-3-20(35-16)24(29,30)31/h1-4,6,8,12-13,15,21,33,42H,5,7,9-11H2,(H,34,43). The van der Waals surface area contributed by atoms with Crippen molar-refractivity contribution < 1.29 is 40.6 Å². The minimum absolute atomic E-state index is 0.0216. The van der Waals surface area contributed by atoms with Crippen molar-refractivity contribution in [3.63, 3.8) is 0 Å². The highest BCUT2D eigenvalue weighted by Crippen LogP contribution is 2.29. The summed E-state index contributed by atoms with van der Waals surface area (Å²) in [5, 5.41) is 30.1. The van der Waals surface area contributed by atoms with E-state index in [0.29, 0.717) is 0 Å². The van der Waals surface area contributed by atoms with Crippen molar-refractivity contribution >= 4 is 5.91 Å². The molecule has 0 fully saturated rings. The molecule has 4 aromatic rings. The lowest BCUT2D eigenvalue weighted by Gasteiger charge is -2.11. The SMILES string of the molecule is O=C(NCc1cc(C(F)(F)F)ccn1)c1cn(CC(F)CCn2cc(C(O)NCc3cccc(C(F)(F)F)n3)nn2)nn1. The smallest absolute Gasteiger partial charge is 0.373 e. The van der Waals surface area contributed by atoms with E-state index in [2.05, 4.69) is 41.2 Å². The summed E-state index contributed by atoms with van der Waals surface area (Å²) in [6, 6.07) is 4.99. The van der Waals surface area contributed by atoms with Crippen LogP contribution in [0.1, 0.15) is 51.5 Å². The molecule has 0 radical (unpaired) electrons. The lowest BCUT2D eigenvalue weighted by atomic mass is 10.2. The average Bonchev–Trinajstić information content (AvgIpc) is 3.63. The number of carbonyl (C=O) groups is 1. The molecule has 4 aromatic heterocycles. The lowest BCUT2D eigenvalue weighted by molar-refractivity contribution is -0.141. The number of aryl methyl sites for hydroxylation is 1. The monoisotopic (exact) mass is 616 g/mol. The van der Waals surface area contributed by atoms with E-state index in [9.17, 15) is 40.6 Å². The van der Waals surface area contributed by atoms with Crippen molar-refractivity contribution in [3.8, 4) is 0 Å². The molecule has 0 aliphatic heterocycles. The van der Waals surface area contributed by atoms with Crippen LogP contribution < -0.4 is 10.6 Å². The Balaban J connectivity index is 1.21. The number of halogens is 7. The van der Waals surface area contributed by atoms with Crippen LogP contribution in [0, 0.1) is 0 Å². The molecule has 19 heteroatoms. The van der Waals surface area contributed by atoms with Gasteiger partial charge < -0.3 is 10.4 Å². The number of nitrogens with zero attached hydrogens (tertiary/aromatic N) is 8. The number of rotatable bonds is 12. The Bertz CT molecular complexity index is 1520. The summed E-state index contributed by atoms with van der Waals surface area (Å²) < 4.78 is 93.8. The highest BCUT2D eigenvalue weighted by atomic mass is 19.4. The molecule has 0 spiro atoms. The topological polar surface area (TPSA) is 149 Å². The molecule has 0 saturated heterocycles. The summed E-state index contributed by atoms with van der Waals surface area (Å²) in [5.74, 6) is -0.744. The third-order valence-corrected chi connectivity index (χ3v) is 5.81. The van der Waals surface area contributed by atoms with Crippen molar-refractivity contribution in [2.75, 3.05) is 0 Å². The van der Waals surface area contributed by atoms with Gasteiger partial charge in [-0.25, -0.2) is 14.1 Å². The minimum atomic E-state index is -4.60. The molecule has 230 valence electrons. The zero-order valence-corrected chi connectivity index (χ0v) is 21.9. The van der Waals surface area contributed by atoms with Crippen LogP contribution in [-0.4, -0.2) is 57.1 Å². The quantitative estimate of drug-likeness (QED) is 0.161. The Kier molecular flexibility index (Phi) is 9.64. The molecule has 0 aliphatic carbocycles. The van der Waals surface area contributed by atoms with E-state index >= 15 is 0 Å². The van der Waals surface area contributed by atoms with Crippen LogP contribution in [0.5, 0.6) is 0 Å². The Morgan fingerprint density at radius 1 is 0.953 bits per heavy atom. The van der Waals surface area contributed by atoms with Crippen LogP contribution in [0.2, 0.25) is 0 Å². The molecule has 2 atom stereocenters. The Hall–Kier alpha value is -4.52. The summed E-state index contributed by atoms with van der Waals surface area (Å²) in [5.41, 5.74) is -2.08. The molecule has 12 nitrogen and oxygen atoms in total. The number of aromatic nitrogens is 8. The number of hydrogen-bond acceptors (Lipinski definition) is 9. The largest absolute Gasteiger partial charge is 0.433 e. The maximum atomic E-state index is 14.6. The van der Waals surface area contributed by atoms with Gasteiger partial charge in [0.15, 0.2) is 11.9 Å². The third kappa shape index (κ3) is 8.98. The minimum Gasteiger partial charge on any atom is -0.373 e. The normalized spacial score (nSPS) is 13.6. The number of carbonyl (C=O) groups excluding carboxylic acids is 1. The highest BCUT2D eigenvalue weighted by Gasteiger charge is 2.32. The number of aliphatic hydroxyl groups excluding tert-OH is 1. The molecule has 2 unspecified atom stereocenters. The first-order chi connectivity index (χ1) is 20.3.